The molecule has 0 spiro atoms. The number of carbonyl (C=O) groups excluding carboxylic acids is 1. The van der Waals surface area contributed by atoms with Crippen LogP contribution in [0, 0.1) is 11.8 Å². The maximum absolute atomic E-state index is 12.5. The molecule has 1 fully saturated rings. The molecule has 2 heterocycles. The number of halogens is 1. The number of benzene rings is 3. The van der Waals surface area contributed by atoms with Gasteiger partial charge in [0.25, 0.3) is 5.91 Å². The van der Waals surface area contributed by atoms with Crippen molar-refractivity contribution in [3.63, 3.8) is 0 Å². The van der Waals surface area contributed by atoms with Crippen LogP contribution in [0.15, 0.2) is 72.8 Å². The largest absolute Gasteiger partial charge is 0.486 e. The van der Waals surface area contributed by atoms with Crippen LogP contribution in [-0.2, 0) is 9.53 Å². The number of hydrogen-bond acceptors (Lipinski definition) is 5. The number of para-hydroxylation sites is 2. The monoisotopic (exact) mass is 535 g/mol. The molecule has 2 aliphatic rings. The summed E-state index contributed by atoms with van der Waals surface area (Å²) in [6.45, 7) is 5.73. The zero-order valence-corrected chi connectivity index (χ0v) is 22.5. The second-order valence-corrected chi connectivity index (χ2v) is 10.7. The molecule has 7 heteroatoms. The van der Waals surface area contributed by atoms with Gasteiger partial charge in [0.1, 0.15) is 18.5 Å². The Morgan fingerprint density at radius 2 is 1.82 bits per heavy atom. The molecule has 0 bridgehead atoms. The lowest BCUT2D eigenvalue weighted by atomic mass is 9.76. The van der Waals surface area contributed by atoms with E-state index in [9.17, 15) is 4.79 Å². The second kappa shape index (κ2) is 12.1. The maximum Gasteiger partial charge on any atom is 0.258 e. The van der Waals surface area contributed by atoms with Gasteiger partial charge in [-0.1, -0.05) is 67.9 Å². The number of carbonyl (C=O) groups is 1. The number of hydrogen-bond donors (Lipinski definition) is 1. The molecule has 0 aromatic heterocycles. The Bertz CT molecular complexity index is 1250. The second-order valence-electron chi connectivity index (χ2n) is 10.3. The lowest BCUT2D eigenvalue weighted by Crippen LogP contribution is -2.42. The van der Waals surface area contributed by atoms with E-state index in [-0.39, 0.29) is 30.6 Å². The van der Waals surface area contributed by atoms with Crippen LogP contribution in [0.4, 0.5) is 0 Å². The normalized spacial score (nSPS) is 22.6. The van der Waals surface area contributed by atoms with Gasteiger partial charge < -0.3 is 24.3 Å². The van der Waals surface area contributed by atoms with Gasteiger partial charge in [0, 0.05) is 10.9 Å². The number of nitrogens with one attached hydrogen (secondary N) is 1. The molecule has 5 rings (SSSR count). The fourth-order valence-electron chi connectivity index (χ4n) is 5.22. The maximum atomic E-state index is 12.5. The van der Waals surface area contributed by atoms with Crippen molar-refractivity contribution >= 4 is 17.5 Å². The molecule has 4 atom stereocenters. The molecule has 1 saturated heterocycles. The zero-order chi connectivity index (χ0) is 26.5. The van der Waals surface area contributed by atoms with E-state index >= 15 is 0 Å². The summed E-state index contributed by atoms with van der Waals surface area (Å²) in [4.78, 5) is 12.5. The average Bonchev–Trinajstić information content (AvgIpc) is 2.95. The number of rotatable bonds is 8. The minimum Gasteiger partial charge on any atom is -0.486 e. The SMILES string of the molecule is CC(C)[C@@H]1C[C@H](c2ccccc2Cl)CO[C@H]1c1cccc(OCC(=O)NC[C@@H]2COc3ccccc3O2)c1. The van der Waals surface area contributed by atoms with Crippen molar-refractivity contribution in [1.82, 2.24) is 5.32 Å². The van der Waals surface area contributed by atoms with E-state index in [1.807, 2.05) is 60.7 Å². The molecule has 0 aliphatic carbocycles. The topological polar surface area (TPSA) is 66.0 Å². The van der Waals surface area contributed by atoms with Gasteiger partial charge in [0.05, 0.1) is 19.3 Å². The van der Waals surface area contributed by atoms with E-state index < -0.39 is 0 Å². The molecular formula is C31H34ClNO5. The van der Waals surface area contributed by atoms with Gasteiger partial charge >= 0.3 is 0 Å². The highest BCUT2D eigenvalue weighted by molar-refractivity contribution is 6.31. The van der Waals surface area contributed by atoms with Crippen molar-refractivity contribution in [2.24, 2.45) is 11.8 Å². The van der Waals surface area contributed by atoms with E-state index in [4.69, 9.17) is 30.5 Å². The van der Waals surface area contributed by atoms with Crippen molar-refractivity contribution in [2.75, 3.05) is 26.4 Å². The van der Waals surface area contributed by atoms with E-state index in [0.717, 1.165) is 28.3 Å². The van der Waals surface area contributed by atoms with Crippen molar-refractivity contribution in [3.8, 4) is 17.2 Å². The molecule has 3 aromatic carbocycles. The Balaban J connectivity index is 1.15. The summed E-state index contributed by atoms with van der Waals surface area (Å²) in [5.74, 6) is 2.86. The highest BCUT2D eigenvalue weighted by Crippen LogP contribution is 2.45. The van der Waals surface area contributed by atoms with Crippen LogP contribution in [0.5, 0.6) is 17.2 Å². The third-order valence-electron chi connectivity index (χ3n) is 7.27. The average molecular weight is 536 g/mol. The van der Waals surface area contributed by atoms with Gasteiger partial charge in [-0.05, 0) is 59.7 Å². The molecular weight excluding hydrogens is 502 g/mol. The van der Waals surface area contributed by atoms with Crippen LogP contribution in [0.25, 0.3) is 0 Å². The van der Waals surface area contributed by atoms with E-state index in [1.54, 1.807) is 0 Å². The lowest BCUT2D eigenvalue weighted by Gasteiger charge is -2.39. The van der Waals surface area contributed by atoms with Gasteiger partial charge in [-0.3, -0.25) is 4.79 Å². The zero-order valence-electron chi connectivity index (χ0n) is 21.8. The van der Waals surface area contributed by atoms with Crippen molar-refractivity contribution in [2.45, 2.75) is 38.4 Å². The van der Waals surface area contributed by atoms with Gasteiger partial charge in [-0.25, -0.2) is 0 Å². The van der Waals surface area contributed by atoms with Crippen molar-refractivity contribution in [1.29, 1.82) is 0 Å². The summed E-state index contributed by atoms with van der Waals surface area (Å²) in [6, 6.07) is 23.4. The Morgan fingerprint density at radius 3 is 2.63 bits per heavy atom. The minimum atomic E-state index is -0.247. The van der Waals surface area contributed by atoms with Crippen LogP contribution in [0.2, 0.25) is 5.02 Å². The molecule has 0 radical (unpaired) electrons. The molecule has 6 nitrogen and oxygen atoms in total. The standard InChI is InChI=1S/C31H34ClNO5/c1-20(2)26-15-22(25-10-3-4-11-27(25)32)17-37-31(26)21-8-7-9-23(14-21)35-19-30(34)33-16-24-18-36-28-12-5-6-13-29(28)38-24/h3-14,20,22,24,26,31H,15-19H2,1-2H3,(H,33,34)/t22-,24+,26-,31-/m0/s1. The van der Waals surface area contributed by atoms with E-state index in [1.165, 1.54) is 0 Å². The fraction of sp³-hybridized carbons (Fsp3) is 0.387. The smallest absolute Gasteiger partial charge is 0.258 e. The summed E-state index contributed by atoms with van der Waals surface area (Å²) in [5.41, 5.74) is 2.21. The first-order valence-corrected chi connectivity index (χ1v) is 13.6. The number of fused-ring (bicyclic) bond motifs is 1. The third-order valence-corrected chi connectivity index (χ3v) is 7.62. The molecule has 38 heavy (non-hydrogen) atoms. The quantitative estimate of drug-likeness (QED) is 0.372. The summed E-state index contributed by atoms with van der Waals surface area (Å²) in [5, 5.41) is 3.67. The molecule has 1 N–H and O–H groups in total. The van der Waals surface area contributed by atoms with Gasteiger partial charge in [-0.2, -0.15) is 0 Å². The minimum absolute atomic E-state index is 0.0440. The summed E-state index contributed by atoms with van der Waals surface area (Å²) >= 11 is 6.49. The predicted molar refractivity (Wildman–Crippen MR) is 147 cm³/mol. The molecule has 3 aromatic rings. The first-order chi connectivity index (χ1) is 18.5. The highest BCUT2D eigenvalue weighted by atomic mass is 35.5. The Morgan fingerprint density at radius 1 is 1.03 bits per heavy atom. The van der Waals surface area contributed by atoms with Crippen LogP contribution in [0.1, 0.15) is 43.4 Å². The highest BCUT2D eigenvalue weighted by Gasteiger charge is 2.35. The van der Waals surface area contributed by atoms with Crippen LogP contribution < -0.4 is 19.5 Å². The summed E-state index contributed by atoms with van der Waals surface area (Å²) in [7, 11) is 0. The molecule has 2 aliphatic heterocycles. The third kappa shape index (κ3) is 6.25. The first kappa shape index (κ1) is 26.4. The lowest BCUT2D eigenvalue weighted by molar-refractivity contribution is -0.123. The van der Waals surface area contributed by atoms with E-state index in [2.05, 4.69) is 31.3 Å². The molecule has 0 unspecified atom stereocenters. The Kier molecular flexibility index (Phi) is 8.40. The molecule has 200 valence electrons. The summed E-state index contributed by atoms with van der Waals surface area (Å²) < 4.78 is 23.9. The number of ether oxygens (including phenoxy) is 4. The van der Waals surface area contributed by atoms with E-state index in [0.29, 0.717) is 43.1 Å². The van der Waals surface area contributed by atoms with Gasteiger partial charge in [0.2, 0.25) is 0 Å². The van der Waals surface area contributed by atoms with Crippen molar-refractivity contribution in [3.05, 3.63) is 88.9 Å². The Hall–Kier alpha value is -3.22. The van der Waals surface area contributed by atoms with Crippen molar-refractivity contribution < 1.29 is 23.7 Å². The van der Waals surface area contributed by atoms with Gasteiger partial charge in [-0.15, -0.1) is 0 Å². The molecule has 0 saturated carbocycles. The predicted octanol–water partition coefficient (Wildman–Crippen LogP) is 6.19. The molecule has 1 amide bonds. The van der Waals surface area contributed by atoms with Crippen LogP contribution in [-0.4, -0.2) is 38.4 Å². The van der Waals surface area contributed by atoms with Crippen LogP contribution in [0.3, 0.4) is 0 Å². The summed E-state index contributed by atoms with van der Waals surface area (Å²) in [6.07, 6.45) is 0.706. The Labute approximate surface area is 229 Å². The van der Waals surface area contributed by atoms with Crippen LogP contribution >= 0.6 is 11.6 Å². The first-order valence-electron chi connectivity index (χ1n) is 13.2. The van der Waals surface area contributed by atoms with Gasteiger partial charge in [0.15, 0.2) is 18.1 Å². The fourth-order valence-corrected chi connectivity index (χ4v) is 5.51. The number of amides is 1.